The zero-order valence-corrected chi connectivity index (χ0v) is 11.2. The van der Waals surface area contributed by atoms with Crippen molar-refractivity contribution < 1.29 is 9.53 Å². The van der Waals surface area contributed by atoms with Gasteiger partial charge in [-0.25, -0.2) is 4.79 Å². The Morgan fingerprint density at radius 3 is 2.67 bits per heavy atom. The van der Waals surface area contributed by atoms with E-state index in [2.05, 4.69) is 0 Å². The van der Waals surface area contributed by atoms with Crippen LogP contribution in [-0.2, 0) is 4.74 Å². The molecular formula is C14H22N2O2. The number of hydrogen-bond acceptors (Lipinski definition) is 3. The molecule has 0 unspecified atom stereocenters. The van der Waals surface area contributed by atoms with Crippen molar-refractivity contribution in [2.24, 2.45) is 0 Å². The van der Waals surface area contributed by atoms with Crippen LogP contribution in [0.25, 0.3) is 0 Å². The molecule has 0 aromatic carbocycles. The largest absolute Gasteiger partial charge is 0.458 e. The Bertz CT molecular complexity index is 417. The Labute approximate surface area is 108 Å². The standard InChI is InChI=1S/C14H22N2O2/c1-10(2)16-9-11(15)8-13(16)14(17)18-12-6-4-3-5-7-12/h8-10,12H,3-7,15H2,1-2H3. The molecule has 4 nitrogen and oxygen atoms in total. The predicted octanol–water partition coefficient (Wildman–Crippen LogP) is 3.14. The summed E-state index contributed by atoms with van der Waals surface area (Å²) in [6.07, 6.45) is 7.43. The van der Waals surface area contributed by atoms with Gasteiger partial charge in [0.15, 0.2) is 0 Å². The van der Waals surface area contributed by atoms with Crippen LogP contribution in [0, 0.1) is 0 Å². The van der Waals surface area contributed by atoms with E-state index in [1.54, 1.807) is 12.3 Å². The second kappa shape index (κ2) is 5.46. The quantitative estimate of drug-likeness (QED) is 0.838. The lowest BCUT2D eigenvalue weighted by Gasteiger charge is -2.22. The monoisotopic (exact) mass is 250 g/mol. The van der Waals surface area contributed by atoms with Crippen LogP contribution in [0.1, 0.15) is 62.5 Å². The van der Waals surface area contributed by atoms with E-state index in [-0.39, 0.29) is 18.1 Å². The second-order valence-corrected chi connectivity index (χ2v) is 5.33. The van der Waals surface area contributed by atoms with E-state index in [4.69, 9.17) is 10.5 Å². The minimum atomic E-state index is -0.243. The molecule has 0 saturated heterocycles. The number of anilines is 1. The molecule has 0 spiro atoms. The lowest BCUT2D eigenvalue weighted by Crippen LogP contribution is -2.22. The van der Waals surface area contributed by atoms with Crippen molar-refractivity contribution in [3.63, 3.8) is 0 Å². The van der Waals surface area contributed by atoms with Crippen molar-refractivity contribution in [1.29, 1.82) is 0 Å². The highest BCUT2D eigenvalue weighted by Gasteiger charge is 2.22. The number of hydrogen-bond donors (Lipinski definition) is 1. The first-order chi connectivity index (χ1) is 8.58. The van der Waals surface area contributed by atoms with E-state index in [0.717, 1.165) is 25.7 Å². The number of aromatic nitrogens is 1. The van der Waals surface area contributed by atoms with Gasteiger partial charge in [0, 0.05) is 12.2 Å². The molecule has 0 atom stereocenters. The minimum Gasteiger partial charge on any atom is -0.458 e. The van der Waals surface area contributed by atoms with E-state index >= 15 is 0 Å². The lowest BCUT2D eigenvalue weighted by atomic mass is 9.98. The molecule has 0 bridgehead atoms. The van der Waals surface area contributed by atoms with Crippen LogP contribution in [0.4, 0.5) is 5.69 Å². The van der Waals surface area contributed by atoms with Gasteiger partial charge in [0.1, 0.15) is 11.8 Å². The maximum Gasteiger partial charge on any atom is 0.355 e. The highest BCUT2D eigenvalue weighted by Crippen LogP contribution is 2.23. The third-order valence-electron chi connectivity index (χ3n) is 3.46. The van der Waals surface area contributed by atoms with Gasteiger partial charge in [0.05, 0.1) is 5.69 Å². The van der Waals surface area contributed by atoms with E-state index < -0.39 is 0 Å². The van der Waals surface area contributed by atoms with Gasteiger partial charge < -0.3 is 15.0 Å². The van der Waals surface area contributed by atoms with Crippen LogP contribution in [0.3, 0.4) is 0 Å². The average Bonchev–Trinajstić information content (AvgIpc) is 2.73. The van der Waals surface area contributed by atoms with Gasteiger partial charge in [-0.3, -0.25) is 0 Å². The molecule has 0 radical (unpaired) electrons. The van der Waals surface area contributed by atoms with Gasteiger partial charge in [0.2, 0.25) is 0 Å². The van der Waals surface area contributed by atoms with Gasteiger partial charge in [-0.05, 0) is 45.6 Å². The first-order valence-corrected chi connectivity index (χ1v) is 6.76. The van der Waals surface area contributed by atoms with Crippen molar-refractivity contribution in [2.75, 3.05) is 5.73 Å². The van der Waals surface area contributed by atoms with Crippen molar-refractivity contribution in [3.8, 4) is 0 Å². The van der Waals surface area contributed by atoms with Crippen molar-refractivity contribution >= 4 is 11.7 Å². The van der Waals surface area contributed by atoms with Crippen LogP contribution in [0.2, 0.25) is 0 Å². The number of carbonyl (C=O) groups is 1. The molecule has 1 saturated carbocycles. The number of carbonyl (C=O) groups excluding carboxylic acids is 1. The Morgan fingerprint density at radius 1 is 1.39 bits per heavy atom. The van der Waals surface area contributed by atoms with E-state index in [9.17, 15) is 4.79 Å². The Hall–Kier alpha value is -1.45. The Balaban J connectivity index is 2.08. The molecule has 100 valence electrons. The fraction of sp³-hybridized carbons (Fsp3) is 0.643. The first kappa shape index (κ1) is 13.0. The first-order valence-electron chi connectivity index (χ1n) is 6.76. The molecule has 1 aromatic heterocycles. The number of nitrogens with two attached hydrogens (primary N) is 1. The van der Waals surface area contributed by atoms with E-state index in [1.807, 2.05) is 18.4 Å². The molecule has 1 aromatic rings. The SMILES string of the molecule is CC(C)n1cc(N)cc1C(=O)OC1CCCCC1. The molecule has 1 aliphatic carbocycles. The summed E-state index contributed by atoms with van der Waals surface area (Å²) in [4.78, 5) is 12.2. The van der Waals surface area contributed by atoms with Crippen molar-refractivity contribution in [1.82, 2.24) is 4.57 Å². The number of rotatable bonds is 3. The predicted molar refractivity (Wildman–Crippen MR) is 71.5 cm³/mol. The maximum absolute atomic E-state index is 12.2. The normalized spacial score (nSPS) is 17.1. The minimum absolute atomic E-state index is 0.0861. The number of ether oxygens (including phenoxy) is 1. The van der Waals surface area contributed by atoms with E-state index in [0.29, 0.717) is 11.4 Å². The zero-order valence-electron chi connectivity index (χ0n) is 11.2. The summed E-state index contributed by atoms with van der Waals surface area (Å²) in [7, 11) is 0. The molecule has 1 aliphatic rings. The molecule has 18 heavy (non-hydrogen) atoms. The molecule has 1 heterocycles. The fourth-order valence-corrected chi connectivity index (χ4v) is 2.49. The molecule has 2 rings (SSSR count). The second-order valence-electron chi connectivity index (χ2n) is 5.33. The highest BCUT2D eigenvalue weighted by atomic mass is 16.5. The maximum atomic E-state index is 12.2. The Kier molecular flexibility index (Phi) is 3.94. The van der Waals surface area contributed by atoms with Gasteiger partial charge in [-0.15, -0.1) is 0 Å². The van der Waals surface area contributed by atoms with Crippen LogP contribution < -0.4 is 5.73 Å². The lowest BCUT2D eigenvalue weighted by molar-refractivity contribution is 0.0197. The summed E-state index contributed by atoms with van der Waals surface area (Å²) >= 11 is 0. The molecular weight excluding hydrogens is 228 g/mol. The summed E-state index contributed by atoms with van der Waals surface area (Å²) in [6.45, 7) is 4.05. The summed E-state index contributed by atoms with van der Waals surface area (Å²) in [5, 5.41) is 0. The third-order valence-corrected chi connectivity index (χ3v) is 3.46. The summed E-state index contributed by atoms with van der Waals surface area (Å²) in [5.74, 6) is -0.243. The molecule has 4 heteroatoms. The fourth-order valence-electron chi connectivity index (χ4n) is 2.49. The smallest absolute Gasteiger partial charge is 0.355 e. The molecule has 2 N–H and O–H groups in total. The number of nitrogens with zero attached hydrogens (tertiary/aromatic N) is 1. The summed E-state index contributed by atoms with van der Waals surface area (Å²) < 4.78 is 7.44. The highest BCUT2D eigenvalue weighted by molar-refractivity contribution is 5.89. The van der Waals surface area contributed by atoms with Gasteiger partial charge in [-0.1, -0.05) is 6.42 Å². The van der Waals surface area contributed by atoms with Gasteiger partial charge in [0.25, 0.3) is 0 Å². The molecule has 0 amide bonds. The summed E-state index contributed by atoms with van der Waals surface area (Å²) in [6, 6.07) is 1.90. The van der Waals surface area contributed by atoms with Gasteiger partial charge >= 0.3 is 5.97 Å². The summed E-state index contributed by atoms with van der Waals surface area (Å²) in [5.41, 5.74) is 6.93. The third kappa shape index (κ3) is 2.86. The van der Waals surface area contributed by atoms with Gasteiger partial charge in [-0.2, -0.15) is 0 Å². The Morgan fingerprint density at radius 2 is 2.06 bits per heavy atom. The van der Waals surface area contributed by atoms with Crippen molar-refractivity contribution in [3.05, 3.63) is 18.0 Å². The molecule has 1 fully saturated rings. The van der Waals surface area contributed by atoms with Crippen LogP contribution in [0.15, 0.2) is 12.3 Å². The van der Waals surface area contributed by atoms with Crippen molar-refractivity contribution in [2.45, 2.75) is 58.1 Å². The van der Waals surface area contributed by atoms with Crippen LogP contribution in [-0.4, -0.2) is 16.6 Å². The number of esters is 1. The topological polar surface area (TPSA) is 57.2 Å². The van der Waals surface area contributed by atoms with E-state index in [1.165, 1.54) is 6.42 Å². The number of nitrogen functional groups attached to an aromatic ring is 1. The van der Waals surface area contributed by atoms with Crippen LogP contribution >= 0.6 is 0 Å². The molecule has 0 aliphatic heterocycles. The average molecular weight is 250 g/mol. The van der Waals surface area contributed by atoms with Crippen LogP contribution in [0.5, 0.6) is 0 Å². The zero-order chi connectivity index (χ0) is 13.1.